The Morgan fingerprint density at radius 2 is 1.70 bits per heavy atom. The molecule has 2 rings (SSSR count). The van der Waals surface area contributed by atoms with E-state index in [1.807, 2.05) is 4.90 Å². The van der Waals surface area contributed by atoms with Crippen LogP contribution in [0, 0.1) is 0 Å². The number of likely N-dealkylation sites (tertiary alicyclic amines) is 1. The number of amides is 1. The van der Waals surface area contributed by atoms with Gasteiger partial charge < -0.3 is 9.64 Å². The number of unbranched alkanes of at least 4 members (excludes halogenated alkanes) is 1. The van der Waals surface area contributed by atoms with Gasteiger partial charge in [0.15, 0.2) is 0 Å². The summed E-state index contributed by atoms with van der Waals surface area (Å²) in [6.45, 7) is 7.84. The molecule has 0 aromatic heterocycles. The average molecular weight is 325 g/mol. The van der Waals surface area contributed by atoms with Crippen molar-refractivity contribution in [2.24, 2.45) is 0 Å². The van der Waals surface area contributed by atoms with Crippen LogP contribution in [0.2, 0.25) is 0 Å². The highest BCUT2D eigenvalue weighted by atomic mass is 16.5. The van der Waals surface area contributed by atoms with Gasteiger partial charge in [0.05, 0.1) is 13.7 Å². The molecule has 0 unspecified atom stereocenters. The number of piperazine rings is 1. The van der Waals surface area contributed by atoms with Gasteiger partial charge in [-0.2, -0.15) is 0 Å². The van der Waals surface area contributed by atoms with Crippen molar-refractivity contribution in [3.63, 3.8) is 0 Å². The molecule has 2 fully saturated rings. The summed E-state index contributed by atoms with van der Waals surface area (Å²) in [6.07, 6.45) is 5.25. The Balaban J connectivity index is 1.79. The van der Waals surface area contributed by atoms with E-state index in [0.29, 0.717) is 6.54 Å². The van der Waals surface area contributed by atoms with Crippen LogP contribution in [0.4, 0.5) is 0 Å². The van der Waals surface area contributed by atoms with Gasteiger partial charge in [0.2, 0.25) is 5.91 Å². The minimum atomic E-state index is -0.128. The molecular formula is C17H31N3O3. The second-order valence-electron chi connectivity index (χ2n) is 6.58. The molecule has 0 radical (unpaired) electrons. The van der Waals surface area contributed by atoms with Gasteiger partial charge in [-0.25, -0.2) is 0 Å². The van der Waals surface area contributed by atoms with Crippen LogP contribution in [0.1, 0.15) is 39.0 Å². The van der Waals surface area contributed by atoms with E-state index < -0.39 is 0 Å². The number of esters is 1. The van der Waals surface area contributed by atoms with Gasteiger partial charge in [0.1, 0.15) is 6.04 Å². The first-order valence-corrected chi connectivity index (χ1v) is 8.97. The summed E-state index contributed by atoms with van der Waals surface area (Å²) in [5.74, 6) is 0.131. The minimum absolute atomic E-state index is 0.125. The van der Waals surface area contributed by atoms with Gasteiger partial charge in [-0.1, -0.05) is 19.8 Å². The highest BCUT2D eigenvalue weighted by Gasteiger charge is 2.30. The van der Waals surface area contributed by atoms with E-state index in [1.54, 1.807) is 0 Å². The molecule has 0 aromatic rings. The lowest BCUT2D eigenvalue weighted by Gasteiger charge is -2.38. The minimum Gasteiger partial charge on any atom is -0.468 e. The number of carbonyl (C=O) groups excluding carboxylic acids is 2. The van der Waals surface area contributed by atoms with Crippen LogP contribution in [-0.2, 0) is 14.3 Å². The third-order valence-electron chi connectivity index (χ3n) is 4.97. The highest BCUT2D eigenvalue weighted by molar-refractivity contribution is 5.78. The normalized spacial score (nSPS) is 21.4. The predicted molar refractivity (Wildman–Crippen MR) is 89.2 cm³/mol. The number of methoxy groups -OCH3 is 1. The zero-order valence-corrected chi connectivity index (χ0v) is 14.6. The van der Waals surface area contributed by atoms with Gasteiger partial charge >= 0.3 is 5.97 Å². The highest BCUT2D eigenvalue weighted by Crippen LogP contribution is 2.15. The summed E-state index contributed by atoms with van der Waals surface area (Å²) in [5.41, 5.74) is 0. The molecule has 0 spiro atoms. The molecule has 23 heavy (non-hydrogen) atoms. The summed E-state index contributed by atoms with van der Waals surface area (Å²) in [6, 6.07) is -0.128. The van der Waals surface area contributed by atoms with Crippen molar-refractivity contribution in [1.82, 2.24) is 14.7 Å². The molecule has 6 nitrogen and oxygen atoms in total. The zero-order chi connectivity index (χ0) is 16.7. The molecule has 0 aromatic carbocycles. The Bertz CT molecular complexity index is 389. The van der Waals surface area contributed by atoms with Crippen molar-refractivity contribution in [2.45, 2.75) is 45.1 Å². The maximum atomic E-state index is 12.2. The Morgan fingerprint density at radius 3 is 2.26 bits per heavy atom. The smallest absolute Gasteiger partial charge is 0.323 e. The van der Waals surface area contributed by atoms with Gasteiger partial charge in [0, 0.05) is 39.3 Å². The first kappa shape index (κ1) is 18.2. The van der Waals surface area contributed by atoms with Crippen LogP contribution in [0.3, 0.4) is 0 Å². The Morgan fingerprint density at radius 1 is 1.04 bits per heavy atom. The lowest BCUT2D eigenvalue weighted by molar-refractivity contribution is -0.148. The number of rotatable bonds is 7. The number of ether oxygens (including phenoxy) is 1. The van der Waals surface area contributed by atoms with Crippen molar-refractivity contribution in [2.75, 3.05) is 52.9 Å². The molecule has 2 saturated heterocycles. The van der Waals surface area contributed by atoms with Crippen molar-refractivity contribution in [1.29, 1.82) is 0 Å². The van der Waals surface area contributed by atoms with E-state index in [0.717, 1.165) is 71.4 Å². The summed E-state index contributed by atoms with van der Waals surface area (Å²) < 4.78 is 4.97. The zero-order valence-electron chi connectivity index (χ0n) is 14.6. The van der Waals surface area contributed by atoms with Gasteiger partial charge in [-0.05, 0) is 19.3 Å². The molecule has 2 heterocycles. The quantitative estimate of drug-likeness (QED) is 0.653. The van der Waals surface area contributed by atoms with Crippen molar-refractivity contribution in [3.05, 3.63) is 0 Å². The first-order chi connectivity index (χ1) is 11.2. The molecule has 1 amide bonds. The fraction of sp³-hybridized carbons (Fsp3) is 0.882. The van der Waals surface area contributed by atoms with E-state index in [9.17, 15) is 9.59 Å². The van der Waals surface area contributed by atoms with Crippen LogP contribution in [0.25, 0.3) is 0 Å². The Hall–Kier alpha value is -1.14. The van der Waals surface area contributed by atoms with Gasteiger partial charge in [-0.3, -0.25) is 19.4 Å². The maximum Gasteiger partial charge on any atom is 0.323 e. The average Bonchev–Trinajstić information content (AvgIpc) is 3.11. The third kappa shape index (κ3) is 5.18. The van der Waals surface area contributed by atoms with Crippen LogP contribution in [0.15, 0.2) is 0 Å². The molecule has 0 bridgehead atoms. The van der Waals surface area contributed by atoms with Crippen LogP contribution < -0.4 is 0 Å². The lowest BCUT2D eigenvalue weighted by Crippen LogP contribution is -2.54. The molecular weight excluding hydrogens is 294 g/mol. The molecule has 0 N–H and O–H groups in total. The molecule has 1 atom stereocenters. The first-order valence-electron chi connectivity index (χ1n) is 8.97. The summed E-state index contributed by atoms with van der Waals surface area (Å²) in [4.78, 5) is 30.6. The largest absolute Gasteiger partial charge is 0.468 e. The fourth-order valence-corrected chi connectivity index (χ4v) is 3.47. The monoisotopic (exact) mass is 325 g/mol. The van der Waals surface area contributed by atoms with Crippen molar-refractivity contribution in [3.8, 4) is 0 Å². The summed E-state index contributed by atoms with van der Waals surface area (Å²) in [7, 11) is 1.46. The number of hydrogen-bond donors (Lipinski definition) is 0. The van der Waals surface area contributed by atoms with E-state index in [-0.39, 0.29) is 17.9 Å². The van der Waals surface area contributed by atoms with E-state index >= 15 is 0 Å². The topological polar surface area (TPSA) is 53.1 Å². The maximum absolute atomic E-state index is 12.2. The second kappa shape index (κ2) is 9.23. The molecule has 2 aliphatic heterocycles. The Kier molecular flexibility index (Phi) is 7.30. The summed E-state index contributed by atoms with van der Waals surface area (Å²) in [5, 5.41) is 0. The number of nitrogens with zero attached hydrogens (tertiary/aromatic N) is 3. The lowest BCUT2D eigenvalue weighted by atomic mass is 10.1. The van der Waals surface area contributed by atoms with Crippen LogP contribution in [-0.4, -0.2) is 85.5 Å². The standard InChI is InChI=1S/C17H31N3O3/c1-3-4-7-15(17(22)23-2)19-12-10-18(11-13-19)14-16(21)20-8-5-6-9-20/h15H,3-14H2,1-2H3/t15-/m1/s1. The third-order valence-corrected chi connectivity index (χ3v) is 4.97. The van der Waals surface area contributed by atoms with Crippen molar-refractivity contribution >= 4 is 11.9 Å². The number of carbonyl (C=O) groups is 2. The van der Waals surface area contributed by atoms with Crippen LogP contribution >= 0.6 is 0 Å². The van der Waals surface area contributed by atoms with Crippen molar-refractivity contribution < 1.29 is 14.3 Å². The molecule has 2 aliphatic rings. The van der Waals surface area contributed by atoms with Gasteiger partial charge in [0.25, 0.3) is 0 Å². The molecule has 132 valence electrons. The van der Waals surface area contributed by atoms with E-state index in [1.165, 1.54) is 7.11 Å². The Labute approximate surface area is 139 Å². The SMILES string of the molecule is CCCC[C@H](C(=O)OC)N1CCN(CC(=O)N2CCCC2)CC1. The second-order valence-corrected chi connectivity index (χ2v) is 6.58. The molecule has 0 saturated carbocycles. The molecule has 0 aliphatic carbocycles. The summed E-state index contributed by atoms with van der Waals surface area (Å²) >= 11 is 0. The van der Waals surface area contributed by atoms with E-state index in [2.05, 4.69) is 16.7 Å². The van der Waals surface area contributed by atoms with Crippen LogP contribution in [0.5, 0.6) is 0 Å². The number of hydrogen-bond acceptors (Lipinski definition) is 5. The van der Waals surface area contributed by atoms with Gasteiger partial charge in [-0.15, -0.1) is 0 Å². The predicted octanol–water partition coefficient (Wildman–Crippen LogP) is 0.958. The van der Waals surface area contributed by atoms with E-state index in [4.69, 9.17) is 4.74 Å². The fourth-order valence-electron chi connectivity index (χ4n) is 3.47. The molecule has 6 heteroatoms.